The van der Waals surface area contributed by atoms with Gasteiger partial charge < -0.3 is 10.2 Å². The number of hydrogen-bond acceptors (Lipinski definition) is 4. The first-order valence-electron chi connectivity index (χ1n) is 12.4. The molecule has 0 aliphatic rings. The van der Waals surface area contributed by atoms with E-state index in [1.54, 1.807) is 25.1 Å². The molecule has 0 saturated carbocycles. The summed E-state index contributed by atoms with van der Waals surface area (Å²) in [4.78, 5) is 28.4. The first-order valence-corrected chi connectivity index (χ1v) is 14.2. The Balaban J connectivity index is 2.06. The number of nitrogens with one attached hydrogen (secondary N) is 1. The Bertz CT molecular complexity index is 1440. The highest BCUT2D eigenvalue weighted by atomic mass is 35.5. The van der Waals surface area contributed by atoms with Crippen molar-refractivity contribution >= 4 is 39.1 Å². The second kappa shape index (κ2) is 12.2. The summed E-state index contributed by atoms with van der Waals surface area (Å²) in [6.07, 6.45) is 0. The van der Waals surface area contributed by atoms with Crippen molar-refractivity contribution in [3.8, 4) is 0 Å². The molecule has 1 unspecified atom stereocenters. The molecule has 0 radical (unpaired) electrons. The van der Waals surface area contributed by atoms with Gasteiger partial charge in [-0.3, -0.25) is 13.9 Å². The molecule has 3 aromatic carbocycles. The molecule has 0 fully saturated rings. The number of aryl methyl sites for hydroxylation is 1. The minimum atomic E-state index is -4.26. The number of benzene rings is 3. The standard InChI is InChI=1S/C29H33ClFN3O4S/c1-20-11-9-10-12-22(20)18-33(21(2)28(36)32-29(3,4)5)27(35)19-34(23-15-16-26(31)25(30)17-23)39(37,38)24-13-7-6-8-14-24/h6-17,21H,18-19H2,1-5H3,(H,32,36). The number of amides is 2. The van der Waals surface area contributed by atoms with Crippen molar-refractivity contribution in [3.63, 3.8) is 0 Å². The molecule has 0 bridgehead atoms. The molecule has 7 nitrogen and oxygen atoms in total. The number of rotatable bonds is 9. The number of hydrogen-bond donors (Lipinski definition) is 1. The van der Waals surface area contributed by atoms with E-state index in [9.17, 15) is 22.4 Å². The molecule has 10 heteroatoms. The van der Waals surface area contributed by atoms with Crippen LogP contribution in [0.1, 0.15) is 38.8 Å². The maximum absolute atomic E-state index is 14.0. The molecular weight excluding hydrogens is 541 g/mol. The fourth-order valence-corrected chi connectivity index (χ4v) is 5.52. The molecule has 0 heterocycles. The Morgan fingerprint density at radius 2 is 1.62 bits per heavy atom. The number of halogens is 2. The predicted molar refractivity (Wildman–Crippen MR) is 151 cm³/mol. The monoisotopic (exact) mass is 573 g/mol. The third-order valence-corrected chi connectivity index (χ3v) is 8.15. The van der Waals surface area contributed by atoms with Crippen LogP contribution in [-0.4, -0.2) is 43.3 Å². The van der Waals surface area contributed by atoms with Gasteiger partial charge in [0.1, 0.15) is 18.4 Å². The van der Waals surface area contributed by atoms with Crippen LogP contribution < -0.4 is 9.62 Å². The average Bonchev–Trinajstić information content (AvgIpc) is 2.87. The predicted octanol–water partition coefficient (Wildman–Crippen LogP) is 5.31. The number of nitrogens with zero attached hydrogens (tertiary/aromatic N) is 2. The Morgan fingerprint density at radius 1 is 1.00 bits per heavy atom. The second-order valence-corrected chi connectivity index (χ2v) is 12.6. The van der Waals surface area contributed by atoms with E-state index in [4.69, 9.17) is 11.6 Å². The van der Waals surface area contributed by atoms with Crippen LogP contribution in [0.3, 0.4) is 0 Å². The van der Waals surface area contributed by atoms with Gasteiger partial charge in [0.15, 0.2) is 0 Å². The number of anilines is 1. The fourth-order valence-electron chi connectivity index (χ4n) is 3.92. The maximum atomic E-state index is 14.0. The smallest absolute Gasteiger partial charge is 0.264 e. The SMILES string of the molecule is Cc1ccccc1CN(C(=O)CN(c1ccc(F)c(Cl)c1)S(=O)(=O)c1ccccc1)C(C)C(=O)NC(C)(C)C. The largest absolute Gasteiger partial charge is 0.350 e. The van der Waals surface area contributed by atoms with Crippen molar-refractivity contribution in [1.29, 1.82) is 0 Å². The van der Waals surface area contributed by atoms with Gasteiger partial charge in [0.2, 0.25) is 11.8 Å². The van der Waals surface area contributed by atoms with Crippen LogP contribution in [0.15, 0.2) is 77.7 Å². The third-order valence-electron chi connectivity index (χ3n) is 6.07. The zero-order valence-electron chi connectivity index (χ0n) is 22.6. The summed E-state index contributed by atoms with van der Waals surface area (Å²) in [5.74, 6) is -1.72. The van der Waals surface area contributed by atoms with Gasteiger partial charge >= 0.3 is 0 Å². The highest BCUT2D eigenvalue weighted by molar-refractivity contribution is 7.92. The van der Waals surface area contributed by atoms with Gasteiger partial charge in [-0.2, -0.15) is 0 Å². The average molecular weight is 574 g/mol. The normalized spacial score (nSPS) is 12.5. The van der Waals surface area contributed by atoms with Gasteiger partial charge in [-0.25, -0.2) is 12.8 Å². The zero-order valence-corrected chi connectivity index (χ0v) is 24.2. The summed E-state index contributed by atoms with van der Waals surface area (Å²) in [7, 11) is -4.26. The summed E-state index contributed by atoms with van der Waals surface area (Å²) < 4.78 is 42.3. The summed E-state index contributed by atoms with van der Waals surface area (Å²) in [5.41, 5.74) is 1.19. The van der Waals surface area contributed by atoms with Crippen molar-refractivity contribution in [2.45, 2.75) is 57.6 Å². The van der Waals surface area contributed by atoms with Crippen LogP contribution in [0, 0.1) is 12.7 Å². The van der Waals surface area contributed by atoms with Crippen LogP contribution in [0.5, 0.6) is 0 Å². The van der Waals surface area contributed by atoms with E-state index in [2.05, 4.69) is 5.32 Å². The van der Waals surface area contributed by atoms with Crippen LogP contribution in [0.4, 0.5) is 10.1 Å². The lowest BCUT2D eigenvalue weighted by molar-refractivity contribution is -0.140. The van der Waals surface area contributed by atoms with Gasteiger partial charge in [-0.1, -0.05) is 54.1 Å². The highest BCUT2D eigenvalue weighted by Gasteiger charge is 2.33. The van der Waals surface area contributed by atoms with Crippen LogP contribution >= 0.6 is 11.6 Å². The Morgan fingerprint density at radius 3 is 2.21 bits per heavy atom. The molecule has 208 valence electrons. The first-order chi connectivity index (χ1) is 18.2. The molecule has 0 aliphatic carbocycles. The van der Waals surface area contributed by atoms with Gasteiger partial charge in [-0.05, 0) is 76.1 Å². The maximum Gasteiger partial charge on any atom is 0.264 e. The van der Waals surface area contributed by atoms with Crippen molar-refractivity contribution in [2.24, 2.45) is 0 Å². The molecule has 3 rings (SSSR count). The van der Waals surface area contributed by atoms with E-state index in [0.717, 1.165) is 27.6 Å². The molecule has 0 spiro atoms. The third kappa shape index (κ3) is 7.58. The molecule has 3 aromatic rings. The van der Waals surface area contributed by atoms with E-state index in [0.29, 0.717) is 0 Å². The minimum absolute atomic E-state index is 0.0150. The lowest BCUT2D eigenvalue weighted by Gasteiger charge is -2.33. The molecule has 0 aromatic heterocycles. The first kappa shape index (κ1) is 30.1. The lowest BCUT2D eigenvalue weighted by Crippen LogP contribution is -2.54. The van der Waals surface area contributed by atoms with E-state index < -0.39 is 39.9 Å². The van der Waals surface area contributed by atoms with Gasteiger partial charge in [0.25, 0.3) is 10.0 Å². The minimum Gasteiger partial charge on any atom is -0.350 e. The summed E-state index contributed by atoms with van der Waals surface area (Å²) in [5, 5.41) is 2.60. The number of carbonyl (C=O) groups excluding carboxylic acids is 2. The summed E-state index contributed by atoms with van der Waals surface area (Å²) in [6, 6.07) is 17.6. The molecule has 1 atom stereocenters. The molecule has 39 heavy (non-hydrogen) atoms. The van der Waals surface area contributed by atoms with Crippen molar-refractivity contribution in [1.82, 2.24) is 10.2 Å². The molecule has 2 amide bonds. The van der Waals surface area contributed by atoms with E-state index in [1.165, 1.54) is 23.1 Å². The highest BCUT2D eigenvalue weighted by Crippen LogP contribution is 2.28. The van der Waals surface area contributed by atoms with E-state index >= 15 is 0 Å². The Labute approximate surface area is 234 Å². The molecule has 1 N–H and O–H groups in total. The van der Waals surface area contributed by atoms with E-state index in [1.807, 2.05) is 52.0 Å². The molecule has 0 saturated heterocycles. The topological polar surface area (TPSA) is 86.8 Å². The van der Waals surface area contributed by atoms with Crippen molar-refractivity contribution < 1.29 is 22.4 Å². The lowest BCUT2D eigenvalue weighted by atomic mass is 10.1. The Hall–Kier alpha value is -3.43. The van der Waals surface area contributed by atoms with Crippen LogP contribution in [-0.2, 0) is 26.2 Å². The fraction of sp³-hybridized carbons (Fsp3) is 0.310. The van der Waals surface area contributed by atoms with Gasteiger partial charge in [0, 0.05) is 12.1 Å². The van der Waals surface area contributed by atoms with Crippen molar-refractivity contribution in [2.75, 3.05) is 10.8 Å². The van der Waals surface area contributed by atoms with E-state index in [-0.39, 0.29) is 28.1 Å². The quantitative estimate of drug-likeness (QED) is 0.376. The number of carbonyl (C=O) groups is 2. The van der Waals surface area contributed by atoms with Gasteiger partial charge in [-0.15, -0.1) is 0 Å². The zero-order chi connectivity index (χ0) is 29.0. The summed E-state index contributed by atoms with van der Waals surface area (Å²) >= 11 is 5.99. The Kier molecular flexibility index (Phi) is 9.40. The molecule has 0 aliphatic heterocycles. The van der Waals surface area contributed by atoms with Crippen molar-refractivity contribution in [3.05, 3.63) is 94.8 Å². The van der Waals surface area contributed by atoms with Gasteiger partial charge in [0.05, 0.1) is 15.6 Å². The second-order valence-electron chi connectivity index (χ2n) is 10.3. The van der Waals surface area contributed by atoms with Crippen LogP contribution in [0.2, 0.25) is 5.02 Å². The number of sulfonamides is 1. The summed E-state index contributed by atoms with van der Waals surface area (Å²) in [6.45, 7) is 8.42. The van der Waals surface area contributed by atoms with Crippen LogP contribution in [0.25, 0.3) is 0 Å². The molecular formula is C29H33ClFN3O4S.